The van der Waals surface area contributed by atoms with E-state index in [4.69, 9.17) is 10.7 Å². The number of rotatable bonds is 0. The van der Waals surface area contributed by atoms with E-state index in [0.717, 1.165) is 0 Å². The molecule has 0 amide bonds. The van der Waals surface area contributed by atoms with Crippen LogP contribution in [0.3, 0.4) is 0 Å². The predicted molar refractivity (Wildman–Crippen MR) is 34.2 cm³/mol. The van der Waals surface area contributed by atoms with Crippen molar-refractivity contribution in [3.63, 3.8) is 0 Å². The van der Waals surface area contributed by atoms with E-state index < -0.39 is 7.68 Å². The first-order valence-electron chi connectivity index (χ1n) is 1.13. The Hall–Kier alpha value is 1.12. The van der Waals surface area contributed by atoms with Gasteiger partial charge in [0.25, 0.3) is 0 Å². The van der Waals surface area contributed by atoms with E-state index in [9.17, 15) is 0 Å². The first-order valence-corrected chi connectivity index (χ1v) is 6.24. The SMILES string of the molecule is CS(C)(Cl)Br. The van der Waals surface area contributed by atoms with Gasteiger partial charge in [-0.2, -0.15) is 0 Å². The van der Waals surface area contributed by atoms with Gasteiger partial charge in [0.1, 0.15) is 0 Å². The predicted octanol–water partition coefficient (Wildman–Crippen LogP) is 2.51. The first kappa shape index (κ1) is 6.12. The molecule has 0 spiro atoms. The zero-order valence-electron chi connectivity index (χ0n) is 3.16. The highest BCUT2D eigenvalue weighted by Gasteiger charge is 1.93. The molecule has 0 bridgehead atoms. The molecule has 5 heavy (non-hydrogen) atoms. The minimum atomic E-state index is -0.882. The van der Waals surface area contributed by atoms with Gasteiger partial charge < -0.3 is 0 Å². The second-order valence-electron chi connectivity index (χ2n) is 1.08. The van der Waals surface area contributed by atoms with Gasteiger partial charge in [0.15, 0.2) is 0 Å². The second-order valence-corrected chi connectivity index (χ2v) is 11.5. The Kier molecular flexibility index (Phi) is 2.10. The van der Waals surface area contributed by atoms with Gasteiger partial charge in [-0.25, -0.2) is 0 Å². The highest BCUT2D eigenvalue weighted by molar-refractivity contribution is 9.61. The van der Waals surface area contributed by atoms with Crippen molar-refractivity contribution in [3.05, 3.63) is 0 Å². The normalized spacial score (nSPS) is 15.2. The minimum Gasteiger partial charge on any atom is -0.110 e. The lowest BCUT2D eigenvalue weighted by Crippen LogP contribution is -1.61. The molecule has 0 aliphatic heterocycles. The average molecular weight is 177 g/mol. The van der Waals surface area contributed by atoms with Crippen molar-refractivity contribution in [1.29, 1.82) is 0 Å². The molecule has 0 unspecified atom stereocenters. The quantitative estimate of drug-likeness (QED) is 0.533. The summed E-state index contributed by atoms with van der Waals surface area (Å²) in [7, 11) is 4.65. The summed E-state index contributed by atoms with van der Waals surface area (Å²) in [5.74, 6) is 0. The highest BCUT2D eigenvalue weighted by atomic mass is 79.9. The van der Waals surface area contributed by atoms with Crippen molar-refractivity contribution in [1.82, 2.24) is 0 Å². The summed E-state index contributed by atoms with van der Waals surface area (Å²) >= 11 is 3.22. The van der Waals surface area contributed by atoms with Gasteiger partial charge in [-0.05, 0) is 27.3 Å². The third-order valence-corrected chi connectivity index (χ3v) is 0. The van der Waals surface area contributed by atoms with Gasteiger partial charge in [0, 0.05) is 0 Å². The Morgan fingerprint density at radius 3 is 1.60 bits per heavy atom. The van der Waals surface area contributed by atoms with Crippen LogP contribution in [0.4, 0.5) is 0 Å². The van der Waals surface area contributed by atoms with Crippen LogP contribution in [0.25, 0.3) is 0 Å². The van der Waals surface area contributed by atoms with Crippen LogP contribution in [0.2, 0.25) is 0 Å². The Morgan fingerprint density at radius 2 is 1.60 bits per heavy atom. The van der Waals surface area contributed by atoms with Gasteiger partial charge in [-0.1, -0.05) is 10.7 Å². The average Bonchev–Trinajstić information content (AvgIpc) is 0.722. The summed E-state index contributed by atoms with van der Waals surface area (Å²) in [6.45, 7) is 0. The van der Waals surface area contributed by atoms with Gasteiger partial charge >= 0.3 is 0 Å². The highest BCUT2D eigenvalue weighted by Crippen LogP contribution is 2.52. The summed E-state index contributed by atoms with van der Waals surface area (Å²) in [5, 5.41) is 0. The molecule has 0 saturated heterocycles. The second kappa shape index (κ2) is 1.71. The van der Waals surface area contributed by atoms with Gasteiger partial charge in [-0.15, -0.1) is 7.68 Å². The van der Waals surface area contributed by atoms with Crippen LogP contribution in [-0.4, -0.2) is 12.5 Å². The molecule has 0 saturated carbocycles. The summed E-state index contributed by atoms with van der Waals surface area (Å²) in [5.41, 5.74) is 0. The Labute approximate surface area is 45.9 Å². The Bertz CT molecular complexity index is 25.1. The van der Waals surface area contributed by atoms with E-state index in [0.29, 0.717) is 0 Å². The van der Waals surface area contributed by atoms with Crippen LogP contribution >= 0.6 is 33.2 Å². The van der Waals surface area contributed by atoms with E-state index in [2.05, 4.69) is 14.8 Å². The number of halogens is 2. The van der Waals surface area contributed by atoms with Crippen molar-refractivity contribution in [2.45, 2.75) is 0 Å². The van der Waals surface area contributed by atoms with Crippen LogP contribution in [0, 0.1) is 0 Å². The van der Waals surface area contributed by atoms with E-state index in [1.165, 1.54) is 0 Å². The van der Waals surface area contributed by atoms with Gasteiger partial charge in [0.05, 0.1) is 0 Å². The standard InChI is InChI=1S/C2H6BrClS/c1-5(2,3)4/h1-2H3. The van der Waals surface area contributed by atoms with Crippen LogP contribution in [0.15, 0.2) is 0 Å². The maximum atomic E-state index is 5.53. The number of hydrogen-bond acceptors (Lipinski definition) is 0. The van der Waals surface area contributed by atoms with Crippen molar-refractivity contribution in [2.24, 2.45) is 0 Å². The van der Waals surface area contributed by atoms with E-state index in [-0.39, 0.29) is 0 Å². The molecule has 0 radical (unpaired) electrons. The fraction of sp³-hybridized carbons (Fsp3) is 1.00. The molecule has 0 N–H and O–H groups in total. The Morgan fingerprint density at radius 1 is 1.60 bits per heavy atom. The van der Waals surface area contributed by atoms with Crippen molar-refractivity contribution >= 4 is 33.2 Å². The molecule has 0 atom stereocenters. The fourth-order valence-electron chi connectivity index (χ4n) is 0. The zero-order chi connectivity index (χ0) is 4.50. The molecule has 0 nitrogen and oxygen atoms in total. The molecule has 0 aromatic rings. The smallest absolute Gasteiger partial charge is 0.0125 e. The summed E-state index contributed by atoms with van der Waals surface area (Å²) in [6, 6.07) is 0. The van der Waals surface area contributed by atoms with Gasteiger partial charge in [0.2, 0.25) is 0 Å². The molecule has 34 valence electrons. The molecular weight excluding hydrogens is 171 g/mol. The molecule has 0 aliphatic carbocycles. The van der Waals surface area contributed by atoms with E-state index in [1.807, 2.05) is 12.5 Å². The topological polar surface area (TPSA) is 0 Å². The lowest BCUT2D eigenvalue weighted by Gasteiger charge is -2.07. The van der Waals surface area contributed by atoms with Crippen LogP contribution in [0.5, 0.6) is 0 Å². The van der Waals surface area contributed by atoms with Crippen LogP contribution < -0.4 is 0 Å². The monoisotopic (exact) mass is 176 g/mol. The van der Waals surface area contributed by atoms with E-state index >= 15 is 0 Å². The molecule has 0 fully saturated rings. The van der Waals surface area contributed by atoms with Crippen LogP contribution in [-0.2, 0) is 0 Å². The summed E-state index contributed by atoms with van der Waals surface area (Å²) in [4.78, 5) is 0. The number of hydrogen-bond donors (Lipinski definition) is 0. The van der Waals surface area contributed by atoms with Crippen molar-refractivity contribution < 1.29 is 0 Å². The summed E-state index contributed by atoms with van der Waals surface area (Å²) < 4.78 is 0. The van der Waals surface area contributed by atoms with E-state index in [1.54, 1.807) is 0 Å². The molecule has 0 heterocycles. The molecule has 0 aromatic carbocycles. The lowest BCUT2D eigenvalue weighted by molar-refractivity contribution is 2.34. The lowest BCUT2D eigenvalue weighted by atomic mass is 11.9. The molecular formula is C2H6BrClS. The Balaban J connectivity index is 3.02. The largest absolute Gasteiger partial charge is 0.110 e. The molecule has 0 rings (SSSR count). The zero-order valence-corrected chi connectivity index (χ0v) is 6.32. The fourth-order valence-corrected chi connectivity index (χ4v) is 0. The maximum Gasteiger partial charge on any atom is -0.0125 e. The van der Waals surface area contributed by atoms with Crippen molar-refractivity contribution in [3.8, 4) is 0 Å². The molecule has 0 aliphatic rings. The maximum absolute atomic E-state index is 5.53. The minimum absolute atomic E-state index is 0.882. The van der Waals surface area contributed by atoms with Gasteiger partial charge in [-0.3, -0.25) is 0 Å². The molecule has 3 heteroatoms. The third-order valence-electron chi connectivity index (χ3n) is 0. The summed E-state index contributed by atoms with van der Waals surface area (Å²) in [6.07, 6.45) is 3.91. The first-order chi connectivity index (χ1) is 2.00. The van der Waals surface area contributed by atoms with Crippen molar-refractivity contribution in [2.75, 3.05) is 12.5 Å². The molecule has 0 aromatic heterocycles. The third kappa shape index (κ3) is 39.7. The van der Waals surface area contributed by atoms with Crippen LogP contribution in [0.1, 0.15) is 0 Å².